The molecule has 152 valence electrons. The van der Waals surface area contributed by atoms with Crippen LogP contribution in [-0.4, -0.2) is 33.2 Å². The van der Waals surface area contributed by atoms with E-state index in [1.165, 1.54) is 37.3 Å². The first-order valence-electron chi connectivity index (χ1n) is 8.56. The normalized spacial score (nSPS) is 12.5. The molecule has 0 saturated carbocycles. The average molecular weight is 447 g/mol. The lowest BCUT2D eigenvalue weighted by Gasteiger charge is -2.29. The Bertz CT molecular complexity index is 937. The molecule has 1 amide bonds. The summed E-state index contributed by atoms with van der Waals surface area (Å²) in [7, 11) is -3.79. The number of amides is 1. The van der Waals surface area contributed by atoms with Crippen LogP contribution in [0.1, 0.15) is 18.9 Å². The number of anilines is 1. The van der Waals surface area contributed by atoms with Gasteiger partial charge in [0.1, 0.15) is 11.9 Å². The minimum Gasteiger partial charge on any atom is -0.354 e. The molecule has 0 aliphatic carbocycles. The van der Waals surface area contributed by atoms with E-state index < -0.39 is 22.0 Å². The van der Waals surface area contributed by atoms with E-state index >= 15 is 0 Å². The highest BCUT2D eigenvalue weighted by Crippen LogP contribution is 2.32. The third-order valence-electron chi connectivity index (χ3n) is 4.09. The first kappa shape index (κ1) is 22.5. The first-order valence-corrected chi connectivity index (χ1v) is 11.2. The molecule has 0 aliphatic rings. The molecular formula is C19H21Cl2FN2O3S. The second-order valence-corrected chi connectivity index (χ2v) is 9.05. The predicted octanol–water partition coefficient (Wildman–Crippen LogP) is 4.04. The third kappa shape index (κ3) is 6.09. The van der Waals surface area contributed by atoms with Crippen LogP contribution in [0.15, 0.2) is 42.5 Å². The molecule has 0 fully saturated rings. The van der Waals surface area contributed by atoms with Crippen molar-refractivity contribution in [1.82, 2.24) is 5.32 Å². The first-order chi connectivity index (χ1) is 13.1. The Hall–Kier alpha value is -1.83. The van der Waals surface area contributed by atoms with E-state index in [1.54, 1.807) is 12.1 Å². The number of carbonyl (C=O) groups excluding carboxylic acids is 1. The van der Waals surface area contributed by atoms with Gasteiger partial charge >= 0.3 is 0 Å². The fraction of sp³-hybridized carbons (Fsp3) is 0.316. The molecule has 2 aromatic rings. The molecule has 0 unspecified atom stereocenters. The summed E-state index contributed by atoms with van der Waals surface area (Å²) in [5, 5.41) is 3.20. The van der Waals surface area contributed by atoms with Crippen molar-refractivity contribution in [2.45, 2.75) is 25.8 Å². The Labute approximate surface area is 174 Å². The molecule has 1 N–H and O–H groups in total. The molecule has 1 atom stereocenters. The smallest absolute Gasteiger partial charge is 0.243 e. The zero-order valence-electron chi connectivity index (χ0n) is 15.5. The Morgan fingerprint density at radius 3 is 2.43 bits per heavy atom. The van der Waals surface area contributed by atoms with Gasteiger partial charge in [0.2, 0.25) is 15.9 Å². The Morgan fingerprint density at radius 1 is 1.18 bits per heavy atom. The Balaban J connectivity index is 2.03. The van der Waals surface area contributed by atoms with E-state index in [9.17, 15) is 17.6 Å². The molecule has 0 bridgehead atoms. The third-order valence-corrected chi connectivity index (χ3v) is 5.87. The fourth-order valence-corrected chi connectivity index (χ4v) is 4.34. The summed E-state index contributed by atoms with van der Waals surface area (Å²) < 4.78 is 38.5. The summed E-state index contributed by atoms with van der Waals surface area (Å²) >= 11 is 12.1. The van der Waals surface area contributed by atoms with E-state index in [0.717, 1.165) is 16.1 Å². The minimum absolute atomic E-state index is 0.144. The minimum atomic E-state index is -3.79. The lowest BCUT2D eigenvalue weighted by atomic mass is 10.1. The highest BCUT2D eigenvalue weighted by Gasteiger charge is 2.30. The van der Waals surface area contributed by atoms with Gasteiger partial charge in [-0.25, -0.2) is 12.8 Å². The molecule has 0 radical (unpaired) electrons. The lowest BCUT2D eigenvalue weighted by molar-refractivity contribution is -0.121. The standard InChI is InChI=1S/C19H21Cl2FN2O3S/c1-13(19(25)23-11-3-4-14-5-8-16(22)9-6-14)24(28(2,26)27)18-12-15(20)7-10-17(18)21/h5-10,12-13H,3-4,11H2,1-2H3,(H,23,25)/t13-/m1/s1. The highest BCUT2D eigenvalue weighted by molar-refractivity contribution is 7.92. The number of nitrogens with one attached hydrogen (secondary N) is 1. The number of nitrogens with zero attached hydrogens (tertiary/aromatic N) is 1. The molecule has 5 nitrogen and oxygen atoms in total. The zero-order chi connectivity index (χ0) is 20.9. The van der Waals surface area contributed by atoms with Crippen LogP contribution in [0.5, 0.6) is 0 Å². The van der Waals surface area contributed by atoms with Crippen LogP contribution in [-0.2, 0) is 21.2 Å². The van der Waals surface area contributed by atoms with Crippen molar-refractivity contribution in [3.8, 4) is 0 Å². The van der Waals surface area contributed by atoms with Gasteiger partial charge in [0, 0.05) is 11.6 Å². The number of rotatable bonds is 8. The zero-order valence-corrected chi connectivity index (χ0v) is 17.8. The number of benzene rings is 2. The van der Waals surface area contributed by atoms with Crippen molar-refractivity contribution in [2.24, 2.45) is 0 Å². The topological polar surface area (TPSA) is 66.5 Å². The van der Waals surface area contributed by atoms with Gasteiger partial charge in [-0.15, -0.1) is 0 Å². The van der Waals surface area contributed by atoms with Gasteiger partial charge in [-0.3, -0.25) is 9.10 Å². The second-order valence-electron chi connectivity index (χ2n) is 6.35. The maximum atomic E-state index is 12.9. The number of hydrogen-bond acceptors (Lipinski definition) is 3. The summed E-state index contributed by atoms with van der Waals surface area (Å²) in [4.78, 5) is 12.5. The van der Waals surface area contributed by atoms with Gasteiger partial charge in [-0.1, -0.05) is 35.3 Å². The van der Waals surface area contributed by atoms with Gasteiger partial charge in [0.25, 0.3) is 0 Å². The Morgan fingerprint density at radius 2 is 1.82 bits per heavy atom. The molecule has 0 saturated heterocycles. The van der Waals surface area contributed by atoms with Crippen molar-refractivity contribution in [3.63, 3.8) is 0 Å². The SMILES string of the molecule is C[C@H](C(=O)NCCCc1ccc(F)cc1)N(c1cc(Cl)ccc1Cl)S(C)(=O)=O. The van der Waals surface area contributed by atoms with Crippen LogP contribution >= 0.6 is 23.2 Å². The number of hydrogen-bond donors (Lipinski definition) is 1. The number of carbonyl (C=O) groups is 1. The predicted molar refractivity (Wildman–Crippen MR) is 111 cm³/mol. The van der Waals surface area contributed by atoms with E-state index in [4.69, 9.17) is 23.2 Å². The summed E-state index contributed by atoms with van der Waals surface area (Å²) in [6.07, 6.45) is 2.29. The van der Waals surface area contributed by atoms with Crippen molar-refractivity contribution in [3.05, 3.63) is 63.9 Å². The average Bonchev–Trinajstić information content (AvgIpc) is 2.62. The van der Waals surface area contributed by atoms with Crippen LogP contribution < -0.4 is 9.62 Å². The number of aryl methyl sites for hydroxylation is 1. The molecule has 0 heterocycles. The summed E-state index contributed by atoms with van der Waals surface area (Å²) in [5.74, 6) is -0.757. The van der Waals surface area contributed by atoms with E-state index in [2.05, 4.69) is 5.32 Å². The molecule has 9 heteroatoms. The van der Waals surface area contributed by atoms with E-state index in [-0.39, 0.29) is 16.5 Å². The second kappa shape index (κ2) is 9.58. The molecule has 2 rings (SSSR count). The molecule has 0 aliphatic heterocycles. The van der Waals surface area contributed by atoms with Crippen LogP contribution in [0.2, 0.25) is 10.0 Å². The van der Waals surface area contributed by atoms with Crippen LogP contribution in [0.25, 0.3) is 0 Å². The molecule has 2 aromatic carbocycles. The maximum absolute atomic E-state index is 12.9. The number of sulfonamides is 1. The van der Waals surface area contributed by atoms with Gasteiger partial charge in [-0.2, -0.15) is 0 Å². The van der Waals surface area contributed by atoms with E-state index in [1.807, 2.05) is 0 Å². The highest BCUT2D eigenvalue weighted by atomic mass is 35.5. The quantitative estimate of drug-likeness (QED) is 0.622. The lowest BCUT2D eigenvalue weighted by Crippen LogP contribution is -2.48. The summed E-state index contributed by atoms with van der Waals surface area (Å²) in [6, 6.07) is 9.54. The van der Waals surface area contributed by atoms with Crippen molar-refractivity contribution < 1.29 is 17.6 Å². The monoisotopic (exact) mass is 446 g/mol. The van der Waals surface area contributed by atoms with Crippen molar-refractivity contribution >= 4 is 44.8 Å². The van der Waals surface area contributed by atoms with Crippen molar-refractivity contribution in [2.75, 3.05) is 17.1 Å². The molecule has 0 spiro atoms. The van der Waals surface area contributed by atoms with Gasteiger partial charge < -0.3 is 5.32 Å². The van der Waals surface area contributed by atoms with Crippen LogP contribution in [0.4, 0.5) is 10.1 Å². The molecule has 28 heavy (non-hydrogen) atoms. The summed E-state index contributed by atoms with van der Waals surface area (Å²) in [6.45, 7) is 1.83. The maximum Gasteiger partial charge on any atom is 0.243 e. The van der Waals surface area contributed by atoms with Crippen molar-refractivity contribution in [1.29, 1.82) is 0 Å². The van der Waals surface area contributed by atoms with E-state index in [0.29, 0.717) is 24.4 Å². The molecular weight excluding hydrogens is 426 g/mol. The van der Waals surface area contributed by atoms with Gasteiger partial charge in [-0.05, 0) is 55.7 Å². The Kier molecular flexibility index (Phi) is 7.69. The van der Waals surface area contributed by atoms with Crippen LogP contribution in [0.3, 0.4) is 0 Å². The van der Waals surface area contributed by atoms with Crippen LogP contribution in [0, 0.1) is 5.82 Å². The molecule has 0 aromatic heterocycles. The number of halogens is 3. The van der Waals surface area contributed by atoms with Gasteiger partial charge in [0.05, 0.1) is 17.0 Å². The fourth-order valence-electron chi connectivity index (χ4n) is 2.74. The summed E-state index contributed by atoms with van der Waals surface area (Å²) in [5.41, 5.74) is 1.10. The van der Waals surface area contributed by atoms with Gasteiger partial charge in [0.15, 0.2) is 0 Å². The largest absolute Gasteiger partial charge is 0.354 e.